The summed E-state index contributed by atoms with van der Waals surface area (Å²) < 4.78 is 33.0. The second-order valence-electron chi connectivity index (χ2n) is 8.23. The first-order chi connectivity index (χ1) is 15.3. The molecule has 8 heteroatoms. The molecule has 1 fully saturated rings. The van der Waals surface area contributed by atoms with Gasteiger partial charge in [-0.3, -0.25) is 9.59 Å². The Balaban J connectivity index is 1.55. The second kappa shape index (κ2) is 8.88. The number of nitrogens with zero attached hydrogens (tertiary/aromatic N) is 1. The lowest BCUT2D eigenvalue weighted by Crippen LogP contribution is -2.31. The summed E-state index contributed by atoms with van der Waals surface area (Å²) in [6.45, 7) is 4.77. The molecule has 32 heavy (non-hydrogen) atoms. The number of amides is 1. The molecule has 0 bridgehead atoms. The van der Waals surface area contributed by atoms with E-state index < -0.39 is 15.9 Å². The van der Waals surface area contributed by atoms with Crippen LogP contribution in [0.1, 0.15) is 47.4 Å². The zero-order valence-electron chi connectivity index (χ0n) is 18.2. The number of benzene rings is 2. The van der Waals surface area contributed by atoms with Gasteiger partial charge in [0.25, 0.3) is 5.91 Å². The Labute approximate surface area is 187 Å². The molecule has 0 unspecified atom stereocenters. The van der Waals surface area contributed by atoms with Crippen molar-refractivity contribution in [2.45, 2.75) is 44.4 Å². The van der Waals surface area contributed by atoms with Gasteiger partial charge >= 0.3 is 0 Å². The Morgan fingerprint density at radius 3 is 2.28 bits per heavy atom. The van der Waals surface area contributed by atoms with Gasteiger partial charge in [-0.25, -0.2) is 8.42 Å². The van der Waals surface area contributed by atoms with E-state index in [1.807, 2.05) is 19.9 Å². The lowest BCUT2D eigenvalue weighted by molar-refractivity contribution is 0.0997. The van der Waals surface area contributed by atoms with Crippen LogP contribution in [-0.2, 0) is 10.0 Å². The van der Waals surface area contributed by atoms with Crippen LogP contribution in [0, 0.1) is 13.8 Å². The molecule has 0 saturated carbocycles. The molecule has 1 amide bonds. The van der Waals surface area contributed by atoms with E-state index in [1.165, 1.54) is 34.6 Å². The van der Waals surface area contributed by atoms with Gasteiger partial charge < -0.3 is 9.73 Å². The summed E-state index contributed by atoms with van der Waals surface area (Å²) in [5, 5.41) is 3.12. The number of hydrogen-bond donors (Lipinski definition) is 1. The minimum absolute atomic E-state index is 0.103. The monoisotopic (exact) mass is 454 g/mol. The maximum atomic E-state index is 12.9. The van der Waals surface area contributed by atoms with Gasteiger partial charge in [-0.05, 0) is 68.1 Å². The molecule has 1 aliphatic heterocycles. The van der Waals surface area contributed by atoms with E-state index in [1.54, 1.807) is 6.07 Å². The fourth-order valence-electron chi connectivity index (χ4n) is 4.11. The highest BCUT2D eigenvalue weighted by atomic mass is 32.2. The summed E-state index contributed by atoms with van der Waals surface area (Å²) in [5.41, 5.74) is 2.21. The fraction of sp³-hybridized carbons (Fsp3) is 0.333. The van der Waals surface area contributed by atoms with E-state index in [-0.39, 0.29) is 16.1 Å². The number of carbonyl (C=O) groups excluding carboxylic acids is 1. The summed E-state index contributed by atoms with van der Waals surface area (Å²) >= 11 is 0. The molecule has 4 rings (SSSR count). The SMILES string of the molecule is Cc1cc(C)c2c(=O)cc(C(=O)Nc3ccc(S(=O)(=O)N4CCCCCC4)cc3)oc2c1. The molecule has 168 valence electrons. The van der Waals surface area contributed by atoms with Crippen LogP contribution in [0.25, 0.3) is 11.0 Å². The third-order valence-electron chi connectivity index (χ3n) is 5.71. The first-order valence-corrected chi connectivity index (χ1v) is 12.2. The van der Waals surface area contributed by atoms with Crippen LogP contribution in [0.3, 0.4) is 0 Å². The lowest BCUT2D eigenvalue weighted by Gasteiger charge is -2.20. The van der Waals surface area contributed by atoms with Gasteiger partial charge in [0.15, 0.2) is 11.2 Å². The quantitative estimate of drug-likeness (QED) is 0.636. The number of sulfonamides is 1. The van der Waals surface area contributed by atoms with Crippen molar-refractivity contribution in [3.05, 3.63) is 69.6 Å². The number of rotatable bonds is 4. The molecule has 0 radical (unpaired) electrons. The van der Waals surface area contributed by atoms with Gasteiger partial charge in [-0.2, -0.15) is 4.31 Å². The summed E-state index contributed by atoms with van der Waals surface area (Å²) in [6, 6.07) is 10.8. The van der Waals surface area contributed by atoms with Crippen molar-refractivity contribution in [3.8, 4) is 0 Å². The van der Waals surface area contributed by atoms with E-state index in [0.29, 0.717) is 29.7 Å². The molecule has 1 saturated heterocycles. The van der Waals surface area contributed by atoms with E-state index in [0.717, 1.165) is 36.8 Å². The second-order valence-corrected chi connectivity index (χ2v) is 10.2. The number of aryl methyl sites for hydroxylation is 2. The Kier molecular flexibility index (Phi) is 6.17. The summed E-state index contributed by atoms with van der Waals surface area (Å²) in [4.78, 5) is 25.4. The summed E-state index contributed by atoms with van der Waals surface area (Å²) in [6.07, 6.45) is 3.81. The molecule has 1 aliphatic rings. The molecule has 1 N–H and O–H groups in total. The first kappa shape index (κ1) is 22.2. The molecule has 7 nitrogen and oxygen atoms in total. The maximum Gasteiger partial charge on any atom is 0.291 e. The predicted molar refractivity (Wildman–Crippen MR) is 124 cm³/mol. The molecule has 0 atom stereocenters. The standard InChI is InChI=1S/C24H26N2O5S/c1-16-13-17(2)23-20(27)15-22(31-21(23)14-16)24(28)25-18-7-9-19(10-8-18)32(29,30)26-11-5-3-4-6-12-26/h7-10,13-15H,3-6,11-12H2,1-2H3,(H,25,28). The van der Waals surface area contributed by atoms with Crippen molar-refractivity contribution in [3.63, 3.8) is 0 Å². The van der Waals surface area contributed by atoms with Gasteiger partial charge in [0.05, 0.1) is 10.3 Å². The minimum Gasteiger partial charge on any atom is -0.451 e. The Hall–Kier alpha value is -2.97. The van der Waals surface area contributed by atoms with E-state index in [9.17, 15) is 18.0 Å². The molecule has 2 heterocycles. The van der Waals surface area contributed by atoms with Crippen molar-refractivity contribution in [1.29, 1.82) is 0 Å². The normalized spacial score (nSPS) is 15.4. The highest BCUT2D eigenvalue weighted by molar-refractivity contribution is 7.89. The first-order valence-electron chi connectivity index (χ1n) is 10.7. The van der Waals surface area contributed by atoms with Gasteiger partial charge in [0.2, 0.25) is 10.0 Å². The molecule has 2 aromatic carbocycles. The number of anilines is 1. The van der Waals surface area contributed by atoms with Gasteiger partial charge in [0, 0.05) is 24.8 Å². The lowest BCUT2D eigenvalue weighted by atomic mass is 10.1. The largest absolute Gasteiger partial charge is 0.451 e. The fourth-order valence-corrected chi connectivity index (χ4v) is 5.63. The highest BCUT2D eigenvalue weighted by Crippen LogP contribution is 2.23. The Morgan fingerprint density at radius 2 is 1.62 bits per heavy atom. The average molecular weight is 455 g/mol. The van der Waals surface area contributed by atoms with Crippen molar-refractivity contribution < 1.29 is 17.6 Å². The van der Waals surface area contributed by atoms with Crippen molar-refractivity contribution >= 4 is 32.6 Å². The number of carbonyl (C=O) groups is 1. The van der Waals surface area contributed by atoms with E-state index >= 15 is 0 Å². The smallest absolute Gasteiger partial charge is 0.291 e. The van der Waals surface area contributed by atoms with E-state index in [4.69, 9.17) is 4.42 Å². The van der Waals surface area contributed by atoms with Crippen LogP contribution in [0.5, 0.6) is 0 Å². The average Bonchev–Trinajstić information content (AvgIpc) is 3.03. The Morgan fingerprint density at radius 1 is 0.969 bits per heavy atom. The molecule has 0 aliphatic carbocycles. The molecule has 1 aromatic heterocycles. The zero-order valence-corrected chi connectivity index (χ0v) is 19.0. The van der Waals surface area contributed by atoms with Crippen molar-refractivity contribution in [1.82, 2.24) is 4.31 Å². The third-order valence-corrected chi connectivity index (χ3v) is 7.62. The highest BCUT2D eigenvalue weighted by Gasteiger charge is 2.25. The maximum absolute atomic E-state index is 12.9. The van der Waals surface area contributed by atoms with Crippen LogP contribution in [0.15, 0.2) is 56.6 Å². The van der Waals surface area contributed by atoms with Gasteiger partial charge in [-0.1, -0.05) is 18.9 Å². The molecular formula is C24H26N2O5S. The number of fused-ring (bicyclic) bond motifs is 1. The topological polar surface area (TPSA) is 96.7 Å². The van der Waals surface area contributed by atoms with Crippen LogP contribution >= 0.6 is 0 Å². The van der Waals surface area contributed by atoms with Crippen LogP contribution in [0.4, 0.5) is 5.69 Å². The summed E-state index contributed by atoms with van der Waals surface area (Å²) in [5.74, 6) is -0.681. The molecule has 3 aromatic rings. The Bertz CT molecular complexity index is 1320. The summed E-state index contributed by atoms with van der Waals surface area (Å²) in [7, 11) is -3.56. The minimum atomic E-state index is -3.56. The zero-order chi connectivity index (χ0) is 22.9. The molecular weight excluding hydrogens is 428 g/mol. The third kappa shape index (κ3) is 4.47. The van der Waals surface area contributed by atoms with Gasteiger partial charge in [0.1, 0.15) is 5.58 Å². The van der Waals surface area contributed by atoms with Crippen LogP contribution in [-0.4, -0.2) is 31.7 Å². The van der Waals surface area contributed by atoms with Crippen molar-refractivity contribution in [2.24, 2.45) is 0 Å². The van der Waals surface area contributed by atoms with E-state index in [2.05, 4.69) is 5.32 Å². The van der Waals surface area contributed by atoms with Gasteiger partial charge in [-0.15, -0.1) is 0 Å². The predicted octanol–water partition coefficient (Wildman–Crippen LogP) is 4.23. The van der Waals surface area contributed by atoms with Crippen molar-refractivity contribution in [2.75, 3.05) is 18.4 Å². The number of hydrogen-bond acceptors (Lipinski definition) is 5. The van der Waals surface area contributed by atoms with Crippen LogP contribution in [0.2, 0.25) is 0 Å². The molecule has 0 spiro atoms. The van der Waals surface area contributed by atoms with Crippen LogP contribution < -0.4 is 10.7 Å². The number of nitrogens with one attached hydrogen (secondary N) is 1.